The quantitative estimate of drug-likeness (QED) is 0.438. The van der Waals surface area contributed by atoms with E-state index in [1.54, 1.807) is 24.3 Å². The second-order valence-electron chi connectivity index (χ2n) is 5.53. The van der Waals surface area contributed by atoms with Crippen LogP contribution < -0.4 is 26.2 Å². The molecule has 0 radical (unpaired) electrons. The van der Waals surface area contributed by atoms with Crippen molar-refractivity contribution in [3.63, 3.8) is 0 Å². The summed E-state index contributed by atoms with van der Waals surface area (Å²) >= 11 is 6.08. The second kappa shape index (κ2) is 7.42. The van der Waals surface area contributed by atoms with Crippen LogP contribution in [0.4, 0.5) is 11.4 Å². The second-order valence-corrected chi connectivity index (χ2v) is 5.97. The zero-order chi connectivity index (χ0) is 17.8. The molecule has 1 aliphatic heterocycles. The number of benzene rings is 2. The predicted molar refractivity (Wildman–Crippen MR) is 95.4 cm³/mol. The molecule has 25 heavy (non-hydrogen) atoms. The molecular weight excluding hydrogens is 344 g/mol. The van der Waals surface area contributed by atoms with Crippen LogP contribution in [0.5, 0.6) is 5.75 Å². The largest absolute Gasteiger partial charge is 0.482 e. The van der Waals surface area contributed by atoms with Crippen molar-refractivity contribution in [3.05, 3.63) is 53.1 Å². The lowest BCUT2D eigenvalue weighted by atomic mass is 10.1. The maximum Gasteiger partial charge on any atom is 0.271 e. The number of halogens is 1. The van der Waals surface area contributed by atoms with Crippen molar-refractivity contribution >= 4 is 34.8 Å². The van der Waals surface area contributed by atoms with E-state index in [4.69, 9.17) is 22.2 Å². The number of nitrogens with two attached hydrogens (primary N) is 1. The molecule has 4 N–H and O–H groups in total. The fourth-order valence-electron chi connectivity index (χ4n) is 2.64. The summed E-state index contributed by atoms with van der Waals surface area (Å²) in [5, 5.41) is 3.46. The number of hydrazine groups is 1. The van der Waals surface area contributed by atoms with Crippen molar-refractivity contribution in [2.45, 2.75) is 6.54 Å². The van der Waals surface area contributed by atoms with Gasteiger partial charge >= 0.3 is 0 Å². The summed E-state index contributed by atoms with van der Waals surface area (Å²) in [4.78, 5) is 25.4. The predicted octanol–water partition coefficient (Wildman–Crippen LogP) is 1.67. The summed E-state index contributed by atoms with van der Waals surface area (Å²) in [7, 11) is 0. The molecule has 130 valence electrons. The SMILES string of the molecule is NNC(=O)COc1ccccc1N1CC(=O)Nc2ccc(Cl)cc2C1. The fraction of sp³-hybridized carbons (Fsp3) is 0.176. The van der Waals surface area contributed by atoms with E-state index in [9.17, 15) is 9.59 Å². The van der Waals surface area contributed by atoms with E-state index in [-0.39, 0.29) is 19.1 Å². The van der Waals surface area contributed by atoms with Gasteiger partial charge in [0.15, 0.2) is 6.61 Å². The number of hydrogen-bond acceptors (Lipinski definition) is 5. The number of anilines is 2. The third kappa shape index (κ3) is 4.01. The fourth-order valence-corrected chi connectivity index (χ4v) is 2.83. The Morgan fingerprint density at radius 2 is 2.08 bits per heavy atom. The average molecular weight is 361 g/mol. The monoisotopic (exact) mass is 360 g/mol. The number of fused-ring (bicyclic) bond motifs is 1. The molecule has 1 aliphatic rings. The van der Waals surface area contributed by atoms with Gasteiger partial charge in [0.25, 0.3) is 5.91 Å². The van der Waals surface area contributed by atoms with Crippen LogP contribution in [0, 0.1) is 0 Å². The van der Waals surface area contributed by atoms with Crippen LogP contribution in [0.2, 0.25) is 5.02 Å². The minimum Gasteiger partial charge on any atom is -0.482 e. The molecule has 0 aliphatic carbocycles. The number of ether oxygens (including phenoxy) is 1. The van der Waals surface area contributed by atoms with E-state index in [1.165, 1.54) is 0 Å². The van der Waals surface area contributed by atoms with Gasteiger partial charge in [0, 0.05) is 17.3 Å². The molecule has 0 saturated heterocycles. The minimum atomic E-state index is -0.444. The van der Waals surface area contributed by atoms with Crippen LogP contribution in [0.15, 0.2) is 42.5 Å². The number of hydrogen-bond donors (Lipinski definition) is 3. The van der Waals surface area contributed by atoms with Crippen LogP contribution >= 0.6 is 11.6 Å². The van der Waals surface area contributed by atoms with Crippen LogP contribution in [-0.4, -0.2) is 25.0 Å². The van der Waals surface area contributed by atoms with Crippen LogP contribution in [0.25, 0.3) is 0 Å². The first kappa shape index (κ1) is 17.1. The van der Waals surface area contributed by atoms with Gasteiger partial charge in [-0.1, -0.05) is 23.7 Å². The number of nitrogens with one attached hydrogen (secondary N) is 2. The van der Waals surface area contributed by atoms with Crippen LogP contribution in [0.3, 0.4) is 0 Å². The molecule has 0 aromatic heterocycles. The van der Waals surface area contributed by atoms with Gasteiger partial charge in [-0.15, -0.1) is 0 Å². The van der Waals surface area contributed by atoms with Gasteiger partial charge in [0.2, 0.25) is 5.91 Å². The molecule has 0 unspecified atom stereocenters. The normalized spacial score (nSPS) is 13.5. The first-order chi connectivity index (χ1) is 12.1. The topological polar surface area (TPSA) is 96.7 Å². The van der Waals surface area contributed by atoms with Gasteiger partial charge in [-0.05, 0) is 35.9 Å². The average Bonchev–Trinajstić information content (AvgIpc) is 2.77. The summed E-state index contributed by atoms with van der Waals surface area (Å²) in [6.45, 7) is 0.407. The molecule has 8 heteroatoms. The molecule has 0 fully saturated rings. The van der Waals surface area contributed by atoms with E-state index >= 15 is 0 Å². The zero-order valence-electron chi connectivity index (χ0n) is 13.3. The van der Waals surface area contributed by atoms with Gasteiger partial charge in [-0.2, -0.15) is 0 Å². The van der Waals surface area contributed by atoms with Crippen molar-refractivity contribution in [1.29, 1.82) is 0 Å². The Morgan fingerprint density at radius 3 is 2.88 bits per heavy atom. The third-order valence-electron chi connectivity index (χ3n) is 3.76. The highest BCUT2D eigenvalue weighted by Gasteiger charge is 2.22. The summed E-state index contributed by atoms with van der Waals surface area (Å²) in [6.07, 6.45) is 0. The number of carbonyl (C=O) groups excluding carboxylic acids is 2. The lowest BCUT2D eigenvalue weighted by Crippen LogP contribution is -2.35. The smallest absolute Gasteiger partial charge is 0.271 e. The van der Waals surface area contributed by atoms with E-state index < -0.39 is 5.91 Å². The van der Waals surface area contributed by atoms with Crippen LogP contribution in [0.1, 0.15) is 5.56 Å². The zero-order valence-corrected chi connectivity index (χ0v) is 14.0. The highest BCUT2D eigenvalue weighted by Crippen LogP contribution is 2.32. The van der Waals surface area contributed by atoms with Gasteiger partial charge in [-0.25, -0.2) is 5.84 Å². The summed E-state index contributed by atoms with van der Waals surface area (Å²) in [5.41, 5.74) is 4.35. The molecule has 3 rings (SSSR count). The number of nitrogens with zero attached hydrogens (tertiary/aromatic N) is 1. The van der Waals surface area contributed by atoms with Crippen molar-refractivity contribution in [3.8, 4) is 5.75 Å². The number of rotatable bonds is 4. The van der Waals surface area contributed by atoms with Crippen molar-refractivity contribution in [1.82, 2.24) is 5.43 Å². The highest BCUT2D eigenvalue weighted by atomic mass is 35.5. The van der Waals surface area contributed by atoms with Gasteiger partial charge in [0.1, 0.15) is 5.75 Å². The number of carbonyl (C=O) groups is 2. The first-order valence-electron chi connectivity index (χ1n) is 7.61. The van der Waals surface area contributed by atoms with Gasteiger partial charge < -0.3 is 15.0 Å². The highest BCUT2D eigenvalue weighted by molar-refractivity contribution is 6.30. The van der Waals surface area contributed by atoms with E-state index in [0.717, 1.165) is 11.3 Å². The molecule has 0 saturated carbocycles. The Bertz CT molecular complexity index is 812. The standard InChI is InChI=1S/C17H17ClN4O3/c18-12-5-6-13-11(7-12)8-22(9-16(23)20-13)14-3-1-2-4-15(14)25-10-17(24)21-19/h1-7H,8-10,19H2,(H,20,23)(H,21,24). The van der Waals surface area contributed by atoms with Crippen molar-refractivity contribution in [2.24, 2.45) is 5.84 Å². The molecule has 2 amide bonds. The molecule has 2 aromatic rings. The summed E-state index contributed by atoms with van der Waals surface area (Å²) in [5.74, 6) is 4.97. The Morgan fingerprint density at radius 1 is 1.28 bits per heavy atom. The lowest BCUT2D eigenvalue weighted by molar-refractivity contribution is -0.123. The maximum atomic E-state index is 12.2. The number of para-hydroxylation sites is 2. The molecule has 0 bridgehead atoms. The molecule has 7 nitrogen and oxygen atoms in total. The van der Waals surface area contributed by atoms with Gasteiger partial charge in [0.05, 0.1) is 12.2 Å². The first-order valence-corrected chi connectivity index (χ1v) is 7.99. The molecule has 2 aromatic carbocycles. The maximum absolute atomic E-state index is 12.2. The van der Waals surface area contributed by atoms with E-state index in [0.29, 0.717) is 23.0 Å². The van der Waals surface area contributed by atoms with E-state index in [1.807, 2.05) is 28.5 Å². The summed E-state index contributed by atoms with van der Waals surface area (Å²) in [6, 6.07) is 12.5. The Labute approximate surface area is 149 Å². The Balaban J connectivity index is 1.90. The molecular formula is C17H17ClN4O3. The Hall–Kier alpha value is -2.77. The number of amides is 2. The summed E-state index contributed by atoms with van der Waals surface area (Å²) < 4.78 is 5.54. The van der Waals surface area contributed by atoms with Crippen molar-refractivity contribution < 1.29 is 14.3 Å². The molecule has 0 spiro atoms. The minimum absolute atomic E-state index is 0.143. The lowest BCUT2D eigenvalue weighted by Gasteiger charge is -2.24. The Kier molecular flexibility index (Phi) is 5.06. The molecule has 1 heterocycles. The third-order valence-corrected chi connectivity index (χ3v) is 4.00. The van der Waals surface area contributed by atoms with Gasteiger partial charge in [-0.3, -0.25) is 15.0 Å². The molecule has 0 atom stereocenters. The van der Waals surface area contributed by atoms with Crippen LogP contribution in [-0.2, 0) is 16.1 Å². The van der Waals surface area contributed by atoms with E-state index in [2.05, 4.69) is 5.32 Å². The van der Waals surface area contributed by atoms with Crippen molar-refractivity contribution in [2.75, 3.05) is 23.4 Å².